The molecule has 2 rings (SSSR count). The van der Waals surface area contributed by atoms with Gasteiger partial charge in [0.05, 0.1) is 25.4 Å². The van der Waals surface area contributed by atoms with Crippen LogP contribution in [0.3, 0.4) is 0 Å². The van der Waals surface area contributed by atoms with Crippen LogP contribution < -0.4 is 0 Å². The molecular weight excluding hydrogens is 218 g/mol. The van der Waals surface area contributed by atoms with E-state index >= 15 is 0 Å². The number of nitrogens with zero attached hydrogens (tertiary/aromatic N) is 1. The van der Waals surface area contributed by atoms with Gasteiger partial charge in [-0.3, -0.25) is 4.90 Å². The Bertz CT molecular complexity index is 344. The van der Waals surface area contributed by atoms with Crippen molar-refractivity contribution in [1.82, 2.24) is 4.90 Å². The fraction of sp³-hybridized carbons (Fsp3) is 0.538. The summed E-state index contributed by atoms with van der Waals surface area (Å²) < 4.78 is 0. The van der Waals surface area contributed by atoms with Gasteiger partial charge in [-0.25, -0.2) is 0 Å². The molecule has 3 atom stereocenters. The zero-order valence-corrected chi connectivity index (χ0v) is 9.74. The fourth-order valence-electron chi connectivity index (χ4n) is 2.51. The summed E-state index contributed by atoms with van der Waals surface area (Å²) in [7, 11) is 0. The first-order valence-corrected chi connectivity index (χ1v) is 5.95. The normalized spacial score (nSPS) is 29.7. The number of hydrogen-bond donors (Lipinski definition) is 3. The molecule has 0 aromatic heterocycles. The van der Waals surface area contributed by atoms with Crippen LogP contribution in [-0.4, -0.2) is 51.6 Å². The third kappa shape index (κ3) is 2.66. The lowest BCUT2D eigenvalue weighted by Gasteiger charge is -2.28. The van der Waals surface area contributed by atoms with E-state index in [9.17, 15) is 15.3 Å². The third-order valence-electron chi connectivity index (χ3n) is 3.46. The minimum absolute atomic E-state index is 0.0143. The van der Waals surface area contributed by atoms with Gasteiger partial charge in [-0.05, 0) is 12.0 Å². The molecule has 4 heteroatoms. The van der Waals surface area contributed by atoms with Gasteiger partial charge in [0, 0.05) is 12.6 Å². The van der Waals surface area contributed by atoms with E-state index in [1.807, 2.05) is 35.2 Å². The average Bonchev–Trinajstić information content (AvgIpc) is 2.66. The van der Waals surface area contributed by atoms with Gasteiger partial charge >= 0.3 is 0 Å². The lowest BCUT2D eigenvalue weighted by molar-refractivity contribution is 0.0518. The van der Waals surface area contributed by atoms with Crippen molar-refractivity contribution in [2.45, 2.75) is 31.2 Å². The van der Waals surface area contributed by atoms with Crippen molar-refractivity contribution in [3.8, 4) is 0 Å². The molecule has 4 nitrogen and oxygen atoms in total. The van der Waals surface area contributed by atoms with Crippen molar-refractivity contribution in [2.75, 3.05) is 13.2 Å². The van der Waals surface area contributed by atoms with Crippen LogP contribution in [0.25, 0.3) is 0 Å². The molecule has 0 radical (unpaired) electrons. The molecule has 1 saturated heterocycles. The van der Waals surface area contributed by atoms with Crippen LogP contribution in [-0.2, 0) is 6.54 Å². The summed E-state index contributed by atoms with van der Waals surface area (Å²) in [5.41, 5.74) is 1.12. The van der Waals surface area contributed by atoms with Gasteiger partial charge in [0.2, 0.25) is 0 Å². The number of aliphatic hydroxyl groups excluding tert-OH is 3. The van der Waals surface area contributed by atoms with E-state index in [0.29, 0.717) is 13.0 Å². The van der Waals surface area contributed by atoms with Gasteiger partial charge in [0.1, 0.15) is 0 Å². The lowest BCUT2D eigenvalue weighted by atomic mass is 10.1. The summed E-state index contributed by atoms with van der Waals surface area (Å²) >= 11 is 0. The first kappa shape index (κ1) is 12.5. The van der Waals surface area contributed by atoms with Crippen LogP contribution in [0.1, 0.15) is 12.0 Å². The average molecular weight is 237 g/mol. The smallest absolute Gasteiger partial charge is 0.0733 e. The Hall–Kier alpha value is -0.940. The van der Waals surface area contributed by atoms with E-state index in [1.54, 1.807) is 0 Å². The Morgan fingerprint density at radius 2 is 1.82 bits per heavy atom. The summed E-state index contributed by atoms with van der Waals surface area (Å²) in [5, 5.41) is 28.5. The standard InChI is InChI=1S/C13H19NO3/c15-8-11-6-13(17)12(9-16)14(11)7-10-4-2-1-3-5-10/h1-5,11-13,15-17H,6-9H2/t11-,12-,13?/m1/s1. The maximum Gasteiger partial charge on any atom is 0.0733 e. The van der Waals surface area contributed by atoms with E-state index in [1.165, 1.54) is 0 Å². The van der Waals surface area contributed by atoms with E-state index in [0.717, 1.165) is 5.56 Å². The highest BCUT2D eigenvalue weighted by atomic mass is 16.3. The number of benzene rings is 1. The van der Waals surface area contributed by atoms with Crippen LogP contribution in [0.4, 0.5) is 0 Å². The maximum absolute atomic E-state index is 9.83. The molecular formula is C13H19NO3. The monoisotopic (exact) mass is 237 g/mol. The quantitative estimate of drug-likeness (QED) is 0.688. The molecule has 1 aliphatic rings. The molecule has 1 fully saturated rings. The van der Waals surface area contributed by atoms with Crippen molar-refractivity contribution in [3.05, 3.63) is 35.9 Å². The molecule has 0 bridgehead atoms. The minimum atomic E-state index is -0.555. The summed E-state index contributed by atoms with van der Waals surface area (Å²) in [6.45, 7) is 0.583. The molecule has 1 heterocycles. The van der Waals surface area contributed by atoms with Crippen LogP contribution in [0.2, 0.25) is 0 Å². The molecule has 1 aromatic carbocycles. The maximum atomic E-state index is 9.83. The van der Waals surface area contributed by atoms with E-state index in [2.05, 4.69) is 0 Å². The second-order valence-electron chi connectivity index (χ2n) is 4.55. The Morgan fingerprint density at radius 3 is 2.41 bits per heavy atom. The van der Waals surface area contributed by atoms with E-state index < -0.39 is 6.10 Å². The molecule has 0 spiro atoms. The second kappa shape index (κ2) is 5.60. The van der Waals surface area contributed by atoms with Gasteiger partial charge in [-0.15, -0.1) is 0 Å². The van der Waals surface area contributed by atoms with Gasteiger partial charge in [0.15, 0.2) is 0 Å². The van der Waals surface area contributed by atoms with Crippen molar-refractivity contribution in [2.24, 2.45) is 0 Å². The zero-order chi connectivity index (χ0) is 12.3. The summed E-state index contributed by atoms with van der Waals surface area (Å²) in [6.07, 6.45) is -0.0324. The first-order chi connectivity index (χ1) is 8.26. The largest absolute Gasteiger partial charge is 0.395 e. The van der Waals surface area contributed by atoms with Crippen molar-refractivity contribution in [3.63, 3.8) is 0 Å². The molecule has 0 saturated carbocycles. The molecule has 0 amide bonds. The fourth-order valence-corrected chi connectivity index (χ4v) is 2.51. The SMILES string of the molecule is OC[C@H]1CC(O)[C@@H](CO)N1Cc1ccccc1. The third-order valence-corrected chi connectivity index (χ3v) is 3.46. The molecule has 3 N–H and O–H groups in total. The highest BCUT2D eigenvalue weighted by Crippen LogP contribution is 2.26. The minimum Gasteiger partial charge on any atom is -0.395 e. The molecule has 0 aliphatic carbocycles. The first-order valence-electron chi connectivity index (χ1n) is 5.95. The van der Waals surface area contributed by atoms with Crippen molar-refractivity contribution >= 4 is 0 Å². The lowest BCUT2D eigenvalue weighted by Crippen LogP contribution is -2.41. The van der Waals surface area contributed by atoms with Crippen LogP contribution in [0.15, 0.2) is 30.3 Å². The predicted molar refractivity (Wildman–Crippen MR) is 64.4 cm³/mol. The summed E-state index contributed by atoms with van der Waals surface area (Å²) in [5.74, 6) is 0. The number of aliphatic hydroxyl groups is 3. The summed E-state index contributed by atoms with van der Waals surface area (Å²) in [6, 6.07) is 9.55. The number of likely N-dealkylation sites (tertiary alicyclic amines) is 1. The van der Waals surface area contributed by atoms with Gasteiger partial charge in [0.25, 0.3) is 0 Å². The number of rotatable bonds is 4. The van der Waals surface area contributed by atoms with E-state index in [4.69, 9.17) is 0 Å². The molecule has 1 unspecified atom stereocenters. The highest BCUT2D eigenvalue weighted by molar-refractivity contribution is 5.15. The van der Waals surface area contributed by atoms with Gasteiger partial charge in [-0.2, -0.15) is 0 Å². The predicted octanol–water partition coefficient (Wildman–Crippen LogP) is -0.0250. The van der Waals surface area contributed by atoms with Crippen LogP contribution >= 0.6 is 0 Å². The molecule has 1 aliphatic heterocycles. The Morgan fingerprint density at radius 1 is 1.12 bits per heavy atom. The molecule has 17 heavy (non-hydrogen) atoms. The van der Waals surface area contributed by atoms with Crippen LogP contribution in [0.5, 0.6) is 0 Å². The van der Waals surface area contributed by atoms with Crippen molar-refractivity contribution in [1.29, 1.82) is 0 Å². The van der Waals surface area contributed by atoms with E-state index in [-0.39, 0.29) is 25.3 Å². The Labute approximate surface area is 101 Å². The molecule has 94 valence electrons. The molecule has 1 aromatic rings. The summed E-state index contributed by atoms with van der Waals surface area (Å²) in [4.78, 5) is 1.99. The van der Waals surface area contributed by atoms with Gasteiger partial charge in [-0.1, -0.05) is 30.3 Å². The zero-order valence-electron chi connectivity index (χ0n) is 9.74. The van der Waals surface area contributed by atoms with Crippen LogP contribution in [0, 0.1) is 0 Å². The Balaban J connectivity index is 2.11. The number of hydrogen-bond acceptors (Lipinski definition) is 4. The Kier molecular flexibility index (Phi) is 4.12. The highest BCUT2D eigenvalue weighted by Gasteiger charge is 2.39. The van der Waals surface area contributed by atoms with Crippen molar-refractivity contribution < 1.29 is 15.3 Å². The topological polar surface area (TPSA) is 63.9 Å². The van der Waals surface area contributed by atoms with Gasteiger partial charge < -0.3 is 15.3 Å². The second-order valence-corrected chi connectivity index (χ2v) is 4.55.